The summed E-state index contributed by atoms with van der Waals surface area (Å²) in [6.45, 7) is -0.216. The van der Waals surface area contributed by atoms with Gasteiger partial charge >= 0.3 is 5.97 Å². The smallest absolute Gasteiger partial charge is 0.325 e. The minimum absolute atomic E-state index is 0.216. The number of oxazole rings is 1. The van der Waals surface area contributed by atoms with Gasteiger partial charge in [-0.2, -0.15) is 0 Å². The molecule has 0 fully saturated rings. The zero-order valence-electron chi connectivity index (χ0n) is 18.2. The van der Waals surface area contributed by atoms with Gasteiger partial charge in [0.2, 0.25) is 0 Å². The van der Waals surface area contributed by atoms with Gasteiger partial charge in [0.25, 0.3) is 17.0 Å². The first-order chi connectivity index (χ1) is 16.5. The molecule has 0 aliphatic carbocycles. The normalized spacial score (nSPS) is 10.6. The molecular formula is C25H21N3O5S. The monoisotopic (exact) mass is 475 g/mol. The van der Waals surface area contributed by atoms with E-state index in [9.17, 15) is 14.4 Å². The van der Waals surface area contributed by atoms with Gasteiger partial charge < -0.3 is 19.8 Å². The third-order valence-corrected chi connectivity index (χ3v) is 5.79. The highest BCUT2D eigenvalue weighted by Gasteiger charge is 2.14. The van der Waals surface area contributed by atoms with Crippen molar-refractivity contribution in [2.24, 2.45) is 0 Å². The Bertz CT molecular complexity index is 1300. The van der Waals surface area contributed by atoms with Crippen LogP contribution in [0.25, 0.3) is 11.1 Å². The van der Waals surface area contributed by atoms with Gasteiger partial charge in [-0.1, -0.05) is 42.1 Å². The first kappa shape index (κ1) is 23.1. The Balaban J connectivity index is 1.39. The Hall–Kier alpha value is -4.11. The van der Waals surface area contributed by atoms with E-state index < -0.39 is 11.9 Å². The van der Waals surface area contributed by atoms with Crippen molar-refractivity contribution in [1.29, 1.82) is 0 Å². The number of amides is 2. The predicted molar refractivity (Wildman–Crippen MR) is 129 cm³/mol. The Morgan fingerprint density at radius 1 is 0.941 bits per heavy atom. The fourth-order valence-corrected chi connectivity index (χ4v) is 3.99. The third kappa shape index (κ3) is 5.62. The highest BCUT2D eigenvalue weighted by atomic mass is 32.2. The van der Waals surface area contributed by atoms with E-state index >= 15 is 0 Å². The zero-order chi connectivity index (χ0) is 23.9. The maximum absolute atomic E-state index is 12.9. The number of nitrogens with one attached hydrogen (secondary N) is 2. The molecule has 2 amide bonds. The number of hydrogen-bond donors (Lipinski definition) is 2. The summed E-state index contributed by atoms with van der Waals surface area (Å²) in [5, 5.41) is 5.85. The van der Waals surface area contributed by atoms with Gasteiger partial charge in [-0.15, -0.1) is 0 Å². The van der Waals surface area contributed by atoms with Crippen LogP contribution < -0.4 is 10.6 Å². The van der Waals surface area contributed by atoms with Crippen molar-refractivity contribution < 1.29 is 23.5 Å². The van der Waals surface area contributed by atoms with Crippen LogP contribution in [0.15, 0.2) is 82.4 Å². The SMILES string of the molecule is COC(=O)CNC(=O)c1ccc(NC(=O)c2ccccc2CSc2nc3ccccc3o2)cc1. The van der Waals surface area contributed by atoms with Crippen molar-refractivity contribution in [3.05, 3.63) is 89.5 Å². The molecule has 4 aromatic rings. The molecule has 0 saturated heterocycles. The minimum atomic E-state index is -0.537. The number of rotatable bonds is 8. The maximum atomic E-state index is 12.9. The van der Waals surface area contributed by atoms with Gasteiger partial charge in [-0.25, -0.2) is 4.98 Å². The van der Waals surface area contributed by atoms with Crippen molar-refractivity contribution in [3.63, 3.8) is 0 Å². The summed E-state index contributed by atoms with van der Waals surface area (Å²) in [5.41, 5.74) is 3.78. The van der Waals surface area contributed by atoms with Crippen LogP contribution in [0.5, 0.6) is 0 Å². The number of nitrogens with zero attached hydrogens (tertiary/aromatic N) is 1. The summed E-state index contributed by atoms with van der Waals surface area (Å²) < 4.78 is 10.2. The highest BCUT2D eigenvalue weighted by molar-refractivity contribution is 7.98. The number of anilines is 1. The lowest BCUT2D eigenvalue weighted by Gasteiger charge is -2.10. The van der Waals surface area contributed by atoms with Gasteiger partial charge in [0.15, 0.2) is 5.58 Å². The van der Waals surface area contributed by atoms with Crippen LogP contribution in [0.3, 0.4) is 0 Å². The number of carbonyl (C=O) groups is 3. The Labute approximate surface area is 199 Å². The van der Waals surface area contributed by atoms with Crippen LogP contribution in [0.2, 0.25) is 0 Å². The Morgan fingerprint density at radius 3 is 2.44 bits per heavy atom. The predicted octanol–water partition coefficient (Wildman–Crippen LogP) is 4.28. The van der Waals surface area contributed by atoms with Crippen LogP contribution in [-0.2, 0) is 15.3 Å². The van der Waals surface area contributed by atoms with E-state index in [1.807, 2.05) is 36.4 Å². The van der Waals surface area contributed by atoms with E-state index in [0.29, 0.717) is 27.8 Å². The van der Waals surface area contributed by atoms with Crippen LogP contribution >= 0.6 is 11.8 Å². The summed E-state index contributed by atoms with van der Waals surface area (Å²) in [7, 11) is 1.25. The summed E-state index contributed by atoms with van der Waals surface area (Å²) in [4.78, 5) is 40.6. The molecule has 4 rings (SSSR count). The largest absolute Gasteiger partial charge is 0.468 e. The molecule has 0 aliphatic rings. The summed E-state index contributed by atoms with van der Waals surface area (Å²) in [5.74, 6) is -0.706. The van der Waals surface area contributed by atoms with Crippen molar-refractivity contribution in [1.82, 2.24) is 10.3 Å². The van der Waals surface area contributed by atoms with Crippen molar-refractivity contribution >= 4 is 46.3 Å². The average molecular weight is 476 g/mol. The summed E-state index contributed by atoms with van der Waals surface area (Å²) >= 11 is 1.42. The average Bonchev–Trinajstić information content (AvgIpc) is 3.29. The molecule has 34 heavy (non-hydrogen) atoms. The van der Waals surface area contributed by atoms with E-state index in [1.165, 1.54) is 18.9 Å². The van der Waals surface area contributed by atoms with Gasteiger partial charge in [0.1, 0.15) is 12.1 Å². The fourth-order valence-electron chi connectivity index (χ4n) is 3.15. The van der Waals surface area contributed by atoms with E-state index in [-0.39, 0.29) is 12.5 Å². The molecular weight excluding hydrogens is 454 g/mol. The molecule has 9 heteroatoms. The van der Waals surface area contributed by atoms with E-state index in [4.69, 9.17) is 4.42 Å². The molecule has 0 atom stereocenters. The molecule has 0 unspecified atom stereocenters. The van der Waals surface area contributed by atoms with Crippen LogP contribution in [-0.4, -0.2) is 36.4 Å². The van der Waals surface area contributed by atoms with Gasteiger partial charge in [0.05, 0.1) is 7.11 Å². The van der Waals surface area contributed by atoms with E-state index in [0.717, 1.165) is 16.7 Å². The number of thioether (sulfide) groups is 1. The molecule has 2 N–H and O–H groups in total. The lowest BCUT2D eigenvalue weighted by molar-refractivity contribution is -0.139. The quantitative estimate of drug-likeness (QED) is 0.289. The van der Waals surface area contributed by atoms with Crippen molar-refractivity contribution in [3.8, 4) is 0 Å². The van der Waals surface area contributed by atoms with Crippen molar-refractivity contribution in [2.75, 3.05) is 19.0 Å². The van der Waals surface area contributed by atoms with Crippen molar-refractivity contribution in [2.45, 2.75) is 11.0 Å². The highest BCUT2D eigenvalue weighted by Crippen LogP contribution is 2.27. The van der Waals surface area contributed by atoms with Crippen LogP contribution in [0.4, 0.5) is 5.69 Å². The number of benzene rings is 3. The number of esters is 1. The Kier molecular flexibility index (Phi) is 7.24. The Morgan fingerprint density at radius 2 is 1.68 bits per heavy atom. The van der Waals surface area contributed by atoms with Gasteiger partial charge in [0, 0.05) is 22.6 Å². The lowest BCUT2D eigenvalue weighted by Crippen LogP contribution is -2.30. The number of methoxy groups -OCH3 is 1. The molecule has 0 radical (unpaired) electrons. The molecule has 3 aromatic carbocycles. The number of hydrogen-bond acceptors (Lipinski definition) is 7. The summed E-state index contributed by atoms with van der Waals surface area (Å²) in [6, 6.07) is 21.3. The molecule has 8 nitrogen and oxygen atoms in total. The molecule has 0 aliphatic heterocycles. The van der Waals surface area contributed by atoms with Crippen LogP contribution in [0, 0.1) is 0 Å². The number of ether oxygens (including phenoxy) is 1. The topological polar surface area (TPSA) is 111 Å². The molecule has 1 heterocycles. The first-order valence-corrected chi connectivity index (χ1v) is 11.3. The van der Waals surface area contributed by atoms with E-state index in [2.05, 4.69) is 20.4 Å². The molecule has 172 valence electrons. The zero-order valence-corrected chi connectivity index (χ0v) is 19.1. The number of fused-ring (bicyclic) bond motifs is 1. The van der Waals surface area contributed by atoms with Gasteiger partial charge in [-0.05, 0) is 48.0 Å². The molecule has 0 spiro atoms. The molecule has 0 saturated carbocycles. The second-order valence-electron chi connectivity index (χ2n) is 7.18. The lowest BCUT2D eigenvalue weighted by atomic mass is 10.1. The molecule has 0 bridgehead atoms. The second kappa shape index (κ2) is 10.7. The maximum Gasteiger partial charge on any atom is 0.325 e. The van der Waals surface area contributed by atoms with Crippen LogP contribution in [0.1, 0.15) is 26.3 Å². The minimum Gasteiger partial charge on any atom is -0.468 e. The number of para-hydroxylation sites is 2. The first-order valence-electron chi connectivity index (χ1n) is 10.4. The standard InChI is InChI=1S/C25H21N3O5S/c1-32-22(29)14-26-23(30)16-10-12-18(13-11-16)27-24(31)19-7-3-2-6-17(19)15-34-25-28-20-8-4-5-9-21(20)33-25/h2-13H,14-15H2,1H3,(H,26,30)(H,27,31). The second-order valence-corrected chi connectivity index (χ2v) is 8.11. The van der Waals surface area contributed by atoms with Gasteiger partial charge in [-0.3, -0.25) is 14.4 Å². The third-order valence-electron chi connectivity index (χ3n) is 4.91. The number of aromatic nitrogens is 1. The number of carbonyl (C=O) groups excluding carboxylic acids is 3. The van der Waals surface area contributed by atoms with E-state index in [1.54, 1.807) is 36.4 Å². The molecule has 1 aromatic heterocycles. The fraction of sp³-hybridized carbons (Fsp3) is 0.120. The summed E-state index contributed by atoms with van der Waals surface area (Å²) in [6.07, 6.45) is 0.